The third kappa shape index (κ3) is 3.84. The topological polar surface area (TPSA) is 62.7 Å². The lowest BCUT2D eigenvalue weighted by molar-refractivity contribution is 0.0946. The van der Waals surface area contributed by atoms with E-state index < -0.39 is 0 Å². The van der Waals surface area contributed by atoms with Crippen molar-refractivity contribution in [3.05, 3.63) is 39.1 Å². The van der Waals surface area contributed by atoms with Crippen LogP contribution in [0, 0.1) is 0 Å². The van der Waals surface area contributed by atoms with Gasteiger partial charge >= 0.3 is 0 Å². The van der Waals surface area contributed by atoms with Gasteiger partial charge in [-0.3, -0.25) is 4.79 Å². The first-order chi connectivity index (χ1) is 8.59. The van der Waals surface area contributed by atoms with Crippen molar-refractivity contribution in [2.75, 3.05) is 6.54 Å². The number of halogens is 3. The first-order valence-corrected chi connectivity index (χ1v) is 6.94. The quantitative estimate of drug-likeness (QED) is 0.811. The Morgan fingerprint density at radius 2 is 2.26 bits per heavy atom. The van der Waals surface area contributed by atoms with Gasteiger partial charge in [0.05, 0.1) is 15.4 Å². The van der Waals surface area contributed by atoms with E-state index in [1.165, 1.54) is 0 Å². The molecule has 5 nitrogen and oxygen atoms in total. The van der Waals surface area contributed by atoms with Crippen LogP contribution in [0.3, 0.4) is 0 Å². The summed E-state index contributed by atoms with van der Waals surface area (Å²) in [5, 5.41) is 2.87. The summed E-state index contributed by atoms with van der Waals surface area (Å²) in [6.07, 6.45) is 4.11. The molecule has 0 spiro atoms. The van der Waals surface area contributed by atoms with E-state index in [0.717, 1.165) is 21.2 Å². The summed E-state index contributed by atoms with van der Waals surface area (Å²) < 4.78 is 3.50. The van der Waals surface area contributed by atoms with E-state index >= 15 is 0 Å². The summed E-state index contributed by atoms with van der Waals surface area (Å²) >= 11 is 6.76. The fourth-order valence-electron chi connectivity index (χ4n) is 1.58. The number of H-pyrrole nitrogens is 1. The third-order valence-corrected chi connectivity index (χ3v) is 4.68. The van der Waals surface area contributed by atoms with Crippen LogP contribution in [-0.2, 0) is 13.5 Å². The van der Waals surface area contributed by atoms with Crippen LogP contribution < -0.4 is 5.32 Å². The van der Waals surface area contributed by atoms with Gasteiger partial charge in [-0.05, 0) is 37.9 Å². The van der Waals surface area contributed by atoms with Crippen LogP contribution in [0.1, 0.15) is 16.2 Å². The zero-order valence-electron chi connectivity index (χ0n) is 10.1. The molecule has 2 aromatic heterocycles. The number of aromatic amines is 1. The molecule has 104 valence electrons. The van der Waals surface area contributed by atoms with Crippen molar-refractivity contribution in [1.29, 1.82) is 0 Å². The molecule has 0 aliphatic carbocycles. The second-order valence-electron chi connectivity index (χ2n) is 3.81. The van der Waals surface area contributed by atoms with Gasteiger partial charge in [0, 0.05) is 31.9 Å². The number of aromatic nitrogens is 3. The molecule has 2 aromatic rings. The molecule has 0 fully saturated rings. The minimum atomic E-state index is -0.0941. The van der Waals surface area contributed by atoms with Crippen LogP contribution in [0.4, 0.5) is 0 Å². The highest BCUT2D eigenvalue weighted by Crippen LogP contribution is 2.25. The summed E-state index contributed by atoms with van der Waals surface area (Å²) in [6.45, 7) is 0.571. The Morgan fingerprint density at radius 1 is 1.53 bits per heavy atom. The van der Waals surface area contributed by atoms with Crippen molar-refractivity contribution in [3.8, 4) is 0 Å². The maximum Gasteiger partial charge on any atom is 0.267 e. The molecule has 2 rings (SSSR count). The van der Waals surface area contributed by atoms with Crippen molar-refractivity contribution in [2.24, 2.45) is 7.05 Å². The summed E-state index contributed by atoms with van der Waals surface area (Å²) in [5.74, 6) is -0.0941. The van der Waals surface area contributed by atoms with E-state index in [1.54, 1.807) is 23.2 Å². The van der Waals surface area contributed by atoms with Gasteiger partial charge in [0.2, 0.25) is 0 Å². The summed E-state index contributed by atoms with van der Waals surface area (Å²) in [7, 11) is 1.83. The molecule has 0 bridgehead atoms. The molecule has 0 saturated heterocycles. The van der Waals surface area contributed by atoms with E-state index in [9.17, 15) is 4.79 Å². The molecule has 0 atom stereocenters. The van der Waals surface area contributed by atoms with Crippen molar-refractivity contribution < 1.29 is 4.79 Å². The lowest BCUT2D eigenvalue weighted by Gasteiger charge is -2.05. The van der Waals surface area contributed by atoms with E-state index in [1.807, 2.05) is 7.05 Å². The van der Waals surface area contributed by atoms with Crippen molar-refractivity contribution >= 4 is 50.2 Å². The number of imidazole rings is 1. The van der Waals surface area contributed by atoms with E-state index in [0.29, 0.717) is 12.2 Å². The van der Waals surface area contributed by atoms with E-state index in [2.05, 4.69) is 47.1 Å². The minimum absolute atomic E-state index is 0. The van der Waals surface area contributed by atoms with Crippen molar-refractivity contribution in [3.63, 3.8) is 0 Å². The molecule has 0 saturated carbocycles. The second kappa shape index (κ2) is 7.12. The monoisotopic (exact) mass is 410 g/mol. The molecule has 1 amide bonds. The maximum absolute atomic E-state index is 12.0. The third-order valence-electron chi connectivity index (χ3n) is 2.58. The fourth-order valence-corrected chi connectivity index (χ4v) is 2.37. The van der Waals surface area contributed by atoms with Crippen molar-refractivity contribution in [1.82, 2.24) is 19.9 Å². The number of nitrogens with one attached hydrogen (secondary N) is 2. The Bertz CT molecular complexity index is 553. The van der Waals surface area contributed by atoms with Crippen molar-refractivity contribution in [2.45, 2.75) is 6.42 Å². The lowest BCUT2D eigenvalue weighted by atomic mass is 10.3. The Balaban J connectivity index is 0.00000180. The molecule has 0 aliphatic rings. The van der Waals surface area contributed by atoms with Gasteiger partial charge in [-0.2, -0.15) is 0 Å². The molecule has 0 aromatic carbocycles. The number of carbonyl (C=O) groups is 1. The largest absolute Gasteiger partial charge is 0.350 e. The van der Waals surface area contributed by atoms with Gasteiger partial charge in [0.1, 0.15) is 5.69 Å². The number of carbonyl (C=O) groups excluding carboxylic acids is 1. The van der Waals surface area contributed by atoms with Gasteiger partial charge < -0.3 is 14.9 Å². The Kier molecular flexibility index (Phi) is 6.09. The molecule has 19 heavy (non-hydrogen) atoms. The number of hydrogen-bond donors (Lipinski definition) is 2. The first kappa shape index (κ1) is 16.3. The summed E-state index contributed by atoms with van der Waals surface area (Å²) in [5.41, 5.74) is 1.61. The molecular formula is C11H13Br2ClN4O. The average Bonchev–Trinajstić information content (AvgIpc) is 2.94. The minimum Gasteiger partial charge on any atom is -0.350 e. The molecule has 2 heterocycles. The van der Waals surface area contributed by atoms with Crippen LogP contribution in [0.25, 0.3) is 0 Å². The standard InChI is InChI=1S/C11H12Br2N4O.ClH/c1-17-9(4-8(12)10(17)13)11(18)15-3-2-7-5-14-6-16-7;/h4-6H,2-3H2,1H3,(H,14,16)(H,15,18);1H. The maximum atomic E-state index is 12.0. The molecule has 0 radical (unpaired) electrons. The lowest BCUT2D eigenvalue weighted by Crippen LogP contribution is -2.27. The van der Waals surface area contributed by atoms with Crippen LogP contribution in [-0.4, -0.2) is 27.0 Å². The number of nitrogens with zero attached hydrogens (tertiary/aromatic N) is 2. The zero-order valence-corrected chi connectivity index (χ0v) is 14.1. The SMILES string of the molecule is Cl.Cn1c(C(=O)NCCc2cnc[nH]2)cc(Br)c1Br. The van der Waals surface area contributed by atoms with Crippen LogP contribution in [0.15, 0.2) is 27.7 Å². The van der Waals surface area contributed by atoms with E-state index in [4.69, 9.17) is 0 Å². The fraction of sp³-hybridized carbons (Fsp3) is 0.273. The Hall–Kier alpha value is -0.790. The molecule has 8 heteroatoms. The molecule has 0 aliphatic heterocycles. The predicted octanol–water partition coefficient (Wildman–Crippen LogP) is 2.67. The highest BCUT2D eigenvalue weighted by atomic mass is 79.9. The average molecular weight is 413 g/mol. The highest BCUT2D eigenvalue weighted by Gasteiger charge is 2.14. The molecule has 2 N–H and O–H groups in total. The molecule has 0 unspecified atom stereocenters. The summed E-state index contributed by atoms with van der Waals surface area (Å²) in [4.78, 5) is 18.9. The van der Waals surface area contributed by atoms with Crippen LogP contribution in [0.2, 0.25) is 0 Å². The van der Waals surface area contributed by atoms with E-state index in [-0.39, 0.29) is 18.3 Å². The van der Waals surface area contributed by atoms with Gasteiger partial charge in [0.25, 0.3) is 5.91 Å². The van der Waals surface area contributed by atoms with Gasteiger partial charge in [-0.25, -0.2) is 4.98 Å². The van der Waals surface area contributed by atoms with Gasteiger partial charge in [-0.15, -0.1) is 12.4 Å². The summed E-state index contributed by atoms with van der Waals surface area (Å²) in [6, 6.07) is 1.79. The highest BCUT2D eigenvalue weighted by molar-refractivity contribution is 9.13. The Morgan fingerprint density at radius 3 is 2.79 bits per heavy atom. The van der Waals surface area contributed by atoms with Crippen LogP contribution >= 0.6 is 44.3 Å². The van der Waals surface area contributed by atoms with Gasteiger partial charge in [-0.1, -0.05) is 0 Å². The predicted molar refractivity (Wildman–Crippen MR) is 82.7 cm³/mol. The second-order valence-corrected chi connectivity index (χ2v) is 5.42. The van der Waals surface area contributed by atoms with Crippen LogP contribution in [0.5, 0.6) is 0 Å². The van der Waals surface area contributed by atoms with Gasteiger partial charge in [0.15, 0.2) is 0 Å². The normalized spacial score (nSPS) is 10.1. The first-order valence-electron chi connectivity index (χ1n) is 5.35. The molecular weight excluding hydrogens is 399 g/mol. The number of amides is 1. The smallest absolute Gasteiger partial charge is 0.267 e. The number of hydrogen-bond acceptors (Lipinski definition) is 2. The zero-order chi connectivity index (χ0) is 13.1. The Labute approximate surface area is 133 Å². The number of rotatable bonds is 4.